The molecule has 0 amide bonds. The van der Waals surface area contributed by atoms with E-state index in [0.717, 1.165) is 18.5 Å². The van der Waals surface area contributed by atoms with E-state index in [9.17, 15) is 0 Å². The van der Waals surface area contributed by atoms with E-state index in [-0.39, 0.29) is 0 Å². The minimum Gasteiger partial charge on any atom is -0.312 e. The summed E-state index contributed by atoms with van der Waals surface area (Å²) in [5.74, 6) is 0. The SMILES string of the molecule is C=C(C)CCC(NC)c1snnc1C. The average molecular weight is 211 g/mol. The van der Waals surface area contributed by atoms with Crippen LogP contribution in [0.4, 0.5) is 0 Å². The van der Waals surface area contributed by atoms with E-state index in [0.29, 0.717) is 6.04 Å². The predicted molar refractivity (Wildman–Crippen MR) is 60.5 cm³/mol. The Morgan fingerprint density at radius 3 is 2.79 bits per heavy atom. The van der Waals surface area contributed by atoms with Gasteiger partial charge in [-0.25, -0.2) is 0 Å². The van der Waals surface area contributed by atoms with E-state index in [2.05, 4.69) is 28.4 Å². The highest BCUT2D eigenvalue weighted by Crippen LogP contribution is 2.24. The Morgan fingerprint density at radius 2 is 2.36 bits per heavy atom. The summed E-state index contributed by atoms with van der Waals surface area (Å²) in [4.78, 5) is 1.24. The van der Waals surface area contributed by atoms with Crippen LogP contribution in [0.25, 0.3) is 0 Å². The fraction of sp³-hybridized carbons (Fsp3) is 0.600. The van der Waals surface area contributed by atoms with E-state index in [4.69, 9.17) is 0 Å². The molecule has 14 heavy (non-hydrogen) atoms. The summed E-state index contributed by atoms with van der Waals surface area (Å²) in [6.07, 6.45) is 2.11. The fourth-order valence-electron chi connectivity index (χ4n) is 1.35. The molecule has 1 aromatic rings. The van der Waals surface area contributed by atoms with Gasteiger partial charge in [-0.1, -0.05) is 10.1 Å². The monoisotopic (exact) mass is 211 g/mol. The van der Waals surface area contributed by atoms with Crippen molar-refractivity contribution in [3.8, 4) is 0 Å². The molecule has 1 N–H and O–H groups in total. The Balaban J connectivity index is 2.63. The molecule has 4 heteroatoms. The molecule has 1 unspecified atom stereocenters. The average Bonchev–Trinajstić information content (AvgIpc) is 2.53. The van der Waals surface area contributed by atoms with Gasteiger partial charge in [0, 0.05) is 6.04 Å². The molecule has 78 valence electrons. The van der Waals surface area contributed by atoms with Crippen LogP contribution >= 0.6 is 11.5 Å². The topological polar surface area (TPSA) is 37.8 Å². The molecular weight excluding hydrogens is 194 g/mol. The summed E-state index contributed by atoms with van der Waals surface area (Å²) in [6, 6.07) is 0.367. The molecule has 0 saturated carbocycles. The van der Waals surface area contributed by atoms with Crippen LogP contribution in [0.1, 0.15) is 36.4 Å². The summed E-state index contributed by atoms with van der Waals surface area (Å²) >= 11 is 1.48. The lowest BCUT2D eigenvalue weighted by Gasteiger charge is -2.14. The first-order valence-corrected chi connectivity index (χ1v) is 5.53. The second kappa shape index (κ2) is 5.22. The Bertz CT molecular complexity index is 306. The van der Waals surface area contributed by atoms with Crippen molar-refractivity contribution in [3.05, 3.63) is 22.7 Å². The second-order valence-corrected chi connectivity index (χ2v) is 4.35. The van der Waals surface area contributed by atoms with Gasteiger partial charge < -0.3 is 5.32 Å². The molecule has 0 fully saturated rings. The summed E-state index contributed by atoms with van der Waals surface area (Å²) < 4.78 is 3.95. The molecule has 0 saturated heterocycles. The van der Waals surface area contributed by atoms with Gasteiger partial charge in [-0.05, 0) is 45.3 Å². The molecule has 0 aliphatic rings. The molecule has 0 aliphatic heterocycles. The van der Waals surface area contributed by atoms with Crippen LogP contribution in [-0.4, -0.2) is 16.6 Å². The maximum Gasteiger partial charge on any atom is 0.0772 e. The van der Waals surface area contributed by atoms with Crippen molar-refractivity contribution in [1.82, 2.24) is 14.9 Å². The van der Waals surface area contributed by atoms with Crippen molar-refractivity contribution >= 4 is 11.5 Å². The summed E-state index contributed by atoms with van der Waals surface area (Å²) in [6.45, 7) is 7.97. The molecule has 0 bridgehead atoms. The van der Waals surface area contributed by atoms with Crippen LogP contribution in [-0.2, 0) is 0 Å². The molecule has 1 rings (SSSR count). The predicted octanol–water partition coefficient (Wildman–Crippen LogP) is 2.46. The molecule has 1 atom stereocenters. The van der Waals surface area contributed by atoms with Crippen molar-refractivity contribution in [2.24, 2.45) is 0 Å². The summed E-state index contributed by atoms with van der Waals surface area (Å²) in [5.41, 5.74) is 2.26. The van der Waals surface area contributed by atoms with Gasteiger partial charge in [0.15, 0.2) is 0 Å². The van der Waals surface area contributed by atoms with Gasteiger partial charge in [-0.15, -0.1) is 11.7 Å². The Kier molecular flexibility index (Phi) is 4.22. The summed E-state index contributed by atoms with van der Waals surface area (Å²) in [7, 11) is 1.97. The van der Waals surface area contributed by atoms with Crippen molar-refractivity contribution in [3.63, 3.8) is 0 Å². The maximum atomic E-state index is 4.02. The Morgan fingerprint density at radius 1 is 1.64 bits per heavy atom. The molecule has 3 nitrogen and oxygen atoms in total. The van der Waals surface area contributed by atoms with E-state index >= 15 is 0 Å². The highest BCUT2D eigenvalue weighted by atomic mass is 32.1. The van der Waals surface area contributed by atoms with Crippen molar-refractivity contribution in [2.75, 3.05) is 7.05 Å². The Labute approximate surface area is 89.4 Å². The molecule has 0 aliphatic carbocycles. The lowest BCUT2D eigenvalue weighted by molar-refractivity contribution is 0.553. The number of aromatic nitrogens is 2. The van der Waals surface area contributed by atoms with Crippen LogP contribution in [0.3, 0.4) is 0 Å². The minimum absolute atomic E-state index is 0.367. The molecule has 1 heterocycles. The third-order valence-corrected chi connectivity index (χ3v) is 3.15. The highest BCUT2D eigenvalue weighted by Gasteiger charge is 2.14. The third-order valence-electron chi connectivity index (χ3n) is 2.21. The van der Waals surface area contributed by atoms with Crippen LogP contribution < -0.4 is 5.32 Å². The van der Waals surface area contributed by atoms with E-state index < -0.39 is 0 Å². The standard InChI is InChI=1S/C10H17N3S/c1-7(2)5-6-9(11-4)10-8(3)12-13-14-10/h9,11H,1,5-6H2,2-4H3. The van der Waals surface area contributed by atoms with Gasteiger partial charge in [-0.2, -0.15) is 0 Å². The normalized spacial score (nSPS) is 12.8. The Hall–Kier alpha value is -0.740. The van der Waals surface area contributed by atoms with Crippen molar-refractivity contribution in [2.45, 2.75) is 32.7 Å². The van der Waals surface area contributed by atoms with Crippen molar-refractivity contribution in [1.29, 1.82) is 0 Å². The van der Waals surface area contributed by atoms with Crippen LogP contribution in [0.5, 0.6) is 0 Å². The summed E-state index contributed by atoms with van der Waals surface area (Å²) in [5, 5.41) is 7.31. The molecule has 1 aromatic heterocycles. The number of nitrogens with one attached hydrogen (secondary N) is 1. The lowest BCUT2D eigenvalue weighted by Crippen LogP contribution is -2.16. The largest absolute Gasteiger partial charge is 0.312 e. The third kappa shape index (κ3) is 2.89. The zero-order valence-electron chi connectivity index (χ0n) is 9.00. The first-order chi connectivity index (χ1) is 6.65. The number of hydrogen-bond donors (Lipinski definition) is 1. The zero-order chi connectivity index (χ0) is 10.6. The van der Waals surface area contributed by atoms with Gasteiger partial charge >= 0.3 is 0 Å². The molecular formula is C10H17N3S. The minimum atomic E-state index is 0.367. The first-order valence-electron chi connectivity index (χ1n) is 4.75. The van der Waals surface area contributed by atoms with Gasteiger partial charge in [0.2, 0.25) is 0 Å². The molecule has 0 radical (unpaired) electrons. The number of nitrogens with zero attached hydrogens (tertiary/aromatic N) is 2. The van der Waals surface area contributed by atoms with E-state index in [1.54, 1.807) is 0 Å². The van der Waals surface area contributed by atoms with E-state index in [1.165, 1.54) is 22.0 Å². The first kappa shape index (κ1) is 11.3. The number of allylic oxidation sites excluding steroid dienone is 1. The van der Waals surface area contributed by atoms with Gasteiger partial charge in [-0.3, -0.25) is 0 Å². The molecule has 0 aromatic carbocycles. The quantitative estimate of drug-likeness (QED) is 0.760. The number of aryl methyl sites for hydroxylation is 1. The van der Waals surface area contributed by atoms with Gasteiger partial charge in [0.25, 0.3) is 0 Å². The van der Waals surface area contributed by atoms with Crippen LogP contribution in [0.15, 0.2) is 12.2 Å². The lowest BCUT2D eigenvalue weighted by atomic mass is 10.1. The second-order valence-electron chi connectivity index (χ2n) is 3.56. The number of rotatable bonds is 5. The highest BCUT2D eigenvalue weighted by molar-refractivity contribution is 7.05. The zero-order valence-corrected chi connectivity index (χ0v) is 9.82. The maximum absolute atomic E-state index is 4.02. The molecule has 0 spiro atoms. The van der Waals surface area contributed by atoms with Crippen LogP contribution in [0, 0.1) is 6.92 Å². The fourth-order valence-corrected chi connectivity index (χ4v) is 2.14. The van der Waals surface area contributed by atoms with Crippen LogP contribution in [0.2, 0.25) is 0 Å². The van der Waals surface area contributed by atoms with Crippen molar-refractivity contribution < 1.29 is 0 Å². The van der Waals surface area contributed by atoms with Gasteiger partial charge in [0.05, 0.1) is 10.6 Å². The van der Waals surface area contributed by atoms with E-state index in [1.807, 2.05) is 14.0 Å². The number of hydrogen-bond acceptors (Lipinski definition) is 4. The van der Waals surface area contributed by atoms with Gasteiger partial charge in [0.1, 0.15) is 0 Å². The smallest absolute Gasteiger partial charge is 0.0772 e.